The lowest BCUT2D eigenvalue weighted by molar-refractivity contribution is -0.135. The van der Waals surface area contributed by atoms with Gasteiger partial charge in [0, 0.05) is 51.7 Å². The molecule has 0 N–H and O–H groups in total. The van der Waals surface area contributed by atoms with Gasteiger partial charge in [-0.25, -0.2) is 0 Å². The molecule has 0 atom stereocenters. The molecule has 0 unspecified atom stereocenters. The normalized spacial score (nSPS) is 22.7. The van der Waals surface area contributed by atoms with Gasteiger partial charge in [0.15, 0.2) is 0 Å². The Kier molecular flexibility index (Phi) is 7.14. The molecule has 0 spiro atoms. The topological polar surface area (TPSA) is 49.9 Å². The predicted octanol–water partition coefficient (Wildman–Crippen LogP) is 2.98. The lowest BCUT2D eigenvalue weighted by atomic mass is 10.00. The Morgan fingerprint density at radius 2 is 1.88 bits per heavy atom. The van der Waals surface area contributed by atoms with Crippen molar-refractivity contribution in [2.45, 2.75) is 76.7 Å². The van der Waals surface area contributed by atoms with Gasteiger partial charge in [0.25, 0.3) is 0 Å². The summed E-state index contributed by atoms with van der Waals surface area (Å²) in [6.45, 7) is 4.02. The van der Waals surface area contributed by atoms with E-state index < -0.39 is 0 Å². The highest BCUT2D eigenvalue weighted by Crippen LogP contribution is 2.29. The highest BCUT2D eigenvalue weighted by Gasteiger charge is 2.27. The van der Waals surface area contributed by atoms with Gasteiger partial charge in [0.05, 0.1) is 0 Å². The second kappa shape index (κ2) is 9.56. The lowest BCUT2D eigenvalue weighted by Crippen LogP contribution is -2.44. The third-order valence-corrected chi connectivity index (χ3v) is 6.19. The quantitative estimate of drug-likeness (QED) is 0.676. The van der Waals surface area contributed by atoms with Crippen LogP contribution in [0.4, 0.5) is 0 Å². The number of hydrogen-bond donors (Lipinski definition) is 0. The standard InChI is InChI=1S/C20H34N2O3/c23-19-7-3-12-21(19)13-4-14-22(18-10-15-25-16-11-18)20(24)9-8-17-5-1-2-6-17/h17-18H,1-16H2. The summed E-state index contributed by atoms with van der Waals surface area (Å²) < 4.78 is 5.48. The van der Waals surface area contributed by atoms with Crippen molar-refractivity contribution >= 4 is 11.8 Å². The van der Waals surface area contributed by atoms with Crippen molar-refractivity contribution in [3.63, 3.8) is 0 Å². The number of hydrogen-bond acceptors (Lipinski definition) is 3. The predicted molar refractivity (Wildman–Crippen MR) is 97.2 cm³/mol. The number of ether oxygens (including phenoxy) is 1. The van der Waals surface area contributed by atoms with Gasteiger partial charge < -0.3 is 14.5 Å². The first-order valence-electron chi connectivity index (χ1n) is 10.4. The Balaban J connectivity index is 1.48. The molecule has 0 radical (unpaired) electrons. The first-order chi connectivity index (χ1) is 12.2. The zero-order valence-electron chi connectivity index (χ0n) is 15.6. The first-order valence-corrected chi connectivity index (χ1v) is 10.4. The Labute approximate surface area is 152 Å². The third kappa shape index (κ3) is 5.44. The summed E-state index contributed by atoms with van der Waals surface area (Å²) in [4.78, 5) is 28.7. The van der Waals surface area contributed by atoms with Crippen molar-refractivity contribution < 1.29 is 14.3 Å². The summed E-state index contributed by atoms with van der Waals surface area (Å²) in [5.74, 6) is 1.37. The van der Waals surface area contributed by atoms with Crippen LogP contribution in [-0.4, -0.2) is 60.5 Å². The molecule has 0 aromatic heterocycles. The van der Waals surface area contributed by atoms with Crippen molar-refractivity contribution in [3.05, 3.63) is 0 Å². The molecule has 142 valence electrons. The summed E-state index contributed by atoms with van der Waals surface area (Å²) in [6.07, 6.45) is 11.6. The minimum Gasteiger partial charge on any atom is -0.381 e. The van der Waals surface area contributed by atoms with Gasteiger partial charge >= 0.3 is 0 Å². The summed E-state index contributed by atoms with van der Waals surface area (Å²) in [5.41, 5.74) is 0. The lowest BCUT2D eigenvalue weighted by Gasteiger charge is -2.35. The Hall–Kier alpha value is -1.10. The van der Waals surface area contributed by atoms with Gasteiger partial charge in [0.1, 0.15) is 0 Å². The average molecular weight is 351 g/mol. The van der Waals surface area contributed by atoms with E-state index in [0.29, 0.717) is 24.8 Å². The van der Waals surface area contributed by atoms with Crippen LogP contribution >= 0.6 is 0 Å². The van der Waals surface area contributed by atoms with Gasteiger partial charge in [-0.05, 0) is 38.0 Å². The minimum absolute atomic E-state index is 0.283. The molecule has 0 aromatic rings. The molecule has 3 fully saturated rings. The fourth-order valence-corrected chi connectivity index (χ4v) is 4.65. The number of rotatable bonds is 8. The second-order valence-corrected chi connectivity index (χ2v) is 7.96. The summed E-state index contributed by atoms with van der Waals surface area (Å²) in [5, 5.41) is 0. The van der Waals surface area contributed by atoms with E-state index in [2.05, 4.69) is 4.90 Å². The molecule has 1 saturated carbocycles. The zero-order valence-corrected chi connectivity index (χ0v) is 15.6. The fraction of sp³-hybridized carbons (Fsp3) is 0.900. The average Bonchev–Trinajstić information content (AvgIpc) is 3.29. The van der Waals surface area contributed by atoms with Crippen LogP contribution in [0.2, 0.25) is 0 Å². The van der Waals surface area contributed by atoms with E-state index in [1.54, 1.807) is 0 Å². The highest BCUT2D eigenvalue weighted by atomic mass is 16.5. The molecule has 2 saturated heterocycles. The van der Waals surface area contributed by atoms with E-state index >= 15 is 0 Å². The van der Waals surface area contributed by atoms with E-state index in [1.807, 2.05) is 4.90 Å². The Bertz CT molecular complexity index is 442. The van der Waals surface area contributed by atoms with E-state index in [9.17, 15) is 9.59 Å². The number of carbonyl (C=O) groups excluding carboxylic acids is 2. The van der Waals surface area contributed by atoms with Gasteiger partial charge in [-0.15, -0.1) is 0 Å². The molecule has 0 aromatic carbocycles. The van der Waals surface area contributed by atoms with Crippen molar-refractivity contribution in [3.8, 4) is 0 Å². The molecule has 2 aliphatic heterocycles. The Morgan fingerprint density at radius 3 is 2.56 bits per heavy atom. The molecule has 0 bridgehead atoms. The SMILES string of the molecule is O=C1CCCN1CCCN(C(=O)CCC1CCCC1)C1CCOCC1. The maximum atomic E-state index is 12.9. The van der Waals surface area contributed by atoms with Gasteiger partial charge in [-0.2, -0.15) is 0 Å². The van der Waals surface area contributed by atoms with E-state index in [-0.39, 0.29) is 5.91 Å². The highest BCUT2D eigenvalue weighted by molar-refractivity contribution is 5.78. The minimum atomic E-state index is 0.283. The van der Waals surface area contributed by atoms with Crippen LogP contribution in [0.1, 0.15) is 70.6 Å². The molecule has 3 rings (SSSR count). The molecule has 2 amide bonds. The van der Waals surface area contributed by atoms with Gasteiger partial charge in [-0.1, -0.05) is 25.7 Å². The smallest absolute Gasteiger partial charge is 0.222 e. The summed E-state index contributed by atoms with van der Waals surface area (Å²) in [7, 11) is 0. The molecular formula is C20H34N2O3. The number of likely N-dealkylation sites (tertiary alicyclic amines) is 1. The van der Waals surface area contributed by atoms with E-state index in [0.717, 1.165) is 70.9 Å². The number of carbonyl (C=O) groups is 2. The van der Waals surface area contributed by atoms with Crippen molar-refractivity contribution in [2.75, 3.05) is 32.8 Å². The van der Waals surface area contributed by atoms with Crippen LogP contribution in [-0.2, 0) is 14.3 Å². The van der Waals surface area contributed by atoms with Crippen molar-refractivity contribution in [2.24, 2.45) is 5.92 Å². The first kappa shape index (κ1) is 18.7. The monoisotopic (exact) mass is 350 g/mol. The molecule has 5 heteroatoms. The second-order valence-electron chi connectivity index (χ2n) is 7.96. The Morgan fingerprint density at radius 1 is 1.12 bits per heavy atom. The van der Waals surface area contributed by atoms with E-state index in [1.165, 1.54) is 25.7 Å². The van der Waals surface area contributed by atoms with Gasteiger partial charge in [-0.3, -0.25) is 9.59 Å². The zero-order chi connectivity index (χ0) is 17.5. The third-order valence-electron chi connectivity index (χ3n) is 6.19. The fourth-order valence-electron chi connectivity index (χ4n) is 4.65. The molecule has 3 aliphatic rings. The molecule has 2 heterocycles. The van der Waals surface area contributed by atoms with Crippen molar-refractivity contribution in [1.29, 1.82) is 0 Å². The largest absolute Gasteiger partial charge is 0.381 e. The summed E-state index contributed by atoms with van der Waals surface area (Å²) in [6, 6.07) is 0.333. The van der Waals surface area contributed by atoms with Crippen molar-refractivity contribution in [1.82, 2.24) is 9.80 Å². The van der Waals surface area contributed by atoms with Crippen LogP contribution in [0.15, 0.2) is 0 Å². The molecule has 25 heavy (non-hydrogen) atoms. The molecule has 1 aliphatic carbocycles. The van der Waals surface area contributed by atoms with Crippen LogP contribution in [0.3, 0.4) is 0 Å². The number of amides is 2. The van der Waals surface area contributed by atoms with Gasteiger partial charge in [0.2, 0.25) is 11.8 Å². The van der Waals surface area contributed by atoms with Crippen LogP contribution < -0.4 is 0 Å². The summed E-state index contributed by atoms with van der Waals surface area (Å²) >= 11 is 0. The number of nitrogens with zero attached hydrogens (tertiary/aromatic N) is 2. The maximum absolute atomic E-state index is 12.9. The van der Waals surface area contributed by atoms with Crippen LogP contribution in [0.5, 0.6) is 0 Å². The molecule has 5 nitrogen and oxygen atoms in total. The maximum Gasteiger partial charge on any atom is 0.222 e. The van der Waals surface area contributed by atoms with E-state index in [4.69, 9.17) is 4.74 Å². The molecular weight excluding hydrogens is 316 g/mol. The van der Waals surface area contributed by atoms with Crippen LogP contribution in [0, 0.1) is 5.92 Å². The van der Waals surface area contributed by atoms with Crippen LogP contribution in [0.25, 0.3) is 0 Å².